The minimum atomic E-state index is -0.592. The highest BCUT2D eigenvalue weighted by atomic mass is 16.3. The van der Waals surface area contributed by atoms with Gasteiger partial charge in [0.2, 0.25) is 5.91 Å². The fourth-order valence-electron chi connectivity index (χ4n) is 4.30. The average molecular weight is 399 g/mol. The molecule has 1 aromatic carbocycles. The van der Waals surface area contributed by atoms with E-state index in [9.17, 15) is 14.7 Å². The van der Waals surface area contributed by atoms with Gasteiger partial charge in [0.25, 0.3) is 5.91 Å². The van der Waals surface area contributed by atoms with Crippen LogP contribution in [0.25, 0.3) is 0 Å². The van der Waals surface area contributed by atoms with E-state index in [1.807, 2.05) is 24.3 Å². The van der Waals surface area contributed by atoms with Crippen molar-refractivity contribution in [3.8, 4) is 0 Å². The number of para-hydroxylation sites is 1. The Morgan fingerprint density at radius 1 is 0.931 bits per heavy atom. The Bertz CT molecular complexity index is 703. The molecule has 1 fully saturated rings. The number of aliphatic hydroxyl groups is 1. The lowest BCUT2D eigenvalue weighted by molar-refractivity contribution is -0.122. The molecule has 2 aliphatic heterocycles. The molecule has 0 aliphatic carbocycles. The number of carbonyl (C=O) groups is 2. The Kier molecular flexibility index (Phi) is 8.01. The standard InChI is InChI=1S/C24H34N2O3/c1-2-3-4-5-6-7-8-12-15-21(27)20-17-16-19-22(25-20)24(29)26(23(19)28)18-13-10-9-11-14-18/h9-11,13-14,16-17,19-22,25,27H,2-8,12,15H2,1H3/t19?,20?,21?,22-/m0/s1. The van der Waals surface area contributed by atoms with Gasteiger partial charge in [0.1, 0.15) is 6.04 Å². The van der Waals surface area contributed by atoms with Crippen molar-refractivity contribution in [2.45, 2.75) is 82.9 Å². The smallest absolute Gasteiger partial charge is 0.252 e. The van der Waals surface area contributed by atoms with Gasteiger partial charge in [0.15, 0.2) is 0 Å². The van der Waals surface area contributed by atoms with Crippen LogP contribution < -0.4 is 10.2 Å². The second-order valence-corrected chi connectivity index (χ2v) is 8.26. The molecular formula is C24H34N2O3. The van der Waals surface area contributed by atoms with Gasteiger partial charge in [-0.3, -0.25) is 14.9 Å². The number of aliphatic hydroxyl groups excluding tert-OH is 1. The fraction of sp³-hybridized carbons (Fsp3) is 0.583. The molecule has 5 nitrogen and oxygen atoms in total. The summed E-state index contributed by atoms with van der Waals surface area (Å²) in [6, 6.07) is 8.16. The maximum atomic E-state index is 12.9. The molecule has 158 valence electrons. The normalized spacial score (nSPS) is 24.8. The monoisotopic (exact) mass is 398 g/mol. The summed E-state index contributed by atoms with van der Waals surface area (Å²) in [6.07, 6.45) is 13.6. The molecule has 1 saturated heterocycles. The summed E-state index contributed by atoms with van der Waals surface area (Å²) < 4.78 is 0. The highest BCUT2D eigenvalue weighted by Crippen LogP contribution is 2.30. The van der Waals surface area contributed by atoms with Crippen LogP contribution >= 0.6 is 0 Å². The zero-order valence-corrected chi connectivity index (χ0v) is 17.4. The van der Waals surface area contributed by atoms with Crippen LogP contribution in [0.1, 0.15) is 64.7 Å². The predicted molar refractivity (Wildman–Crippen MR) is 116 cm³/mol. The Balaban J connectivity index is 1.46. The molecule has 4 atom stereocenters. The summed E-state index contributed by atoms with van der Waals surface area (Å²) in [5.41, 5.74) is 0.600. The molecule has 2 heterocycles. The van der Waals surface area contributed by atoms with Gasteiger partial charge >= 0.3 is 0 Å². The number of nitrogens with one attached hydrogen (secondary N) is 1. The summed E-state index contributed by atoms with van der Waals surface area (Å²) in [7, 11) is 0. The van der Waals surface area contributed by atoms with E-state index in [-0.39, 0.29) is 17.9 Å². The molecule has 3 unspecified atom stereocenters. The first-order chi connectivity index (χ1) is 14.1. The number of nitrogens with zero attached hydrogens (tertiary/aromatic N) is 1. The molecule has 0 spiro atoms. The number of hydrogen-bond donors (Lipinski definition) is 2. The highest BCUT2D eigenvalue weighted by molar-refractivity contribution is 6.24. The zero-order valence-electron chi connectivity index (χ0n) is 17.4. The lowest BCUT2D eigenvalue weighted by Gasteiger charge is -2.29. The Morgan fingerprint density at radius 3 is 2.28 bits per heavy atom. The number of imide groups is 1. The number of fused-ring (bicyclic) bond motifs is 1. The SMILES string of the molecule is CCCCCCCCCCC(O)C1C=CC2C(=O)N(c3ccccc3)C(=O)[C@H]2N1. The summed E-state index contributed by atoms with van der Waals surface area (Å²) in [5.74, 6) is -0.930. The summed E-state index contributed by atoms with van der Waals surface area (Å²) in [6.45, 7) is 2.23. The van der Waals surface area contributed by atoms with Crippen LogP contribution in [0.15, 0.2) is 42.5 Å². The molecule has 0 radical (unpaired) electrons. The van der Waals surface area contributed by atoms with Gasteiger partial charge in [0, 0.05) is 0 Å². The number of rotatable bonds is 11. The van der Waals surface area contributed by atoms with Crippen molar-refractivity contribution >= 4 is 17.5 Å². The van der Waals surface area contributed by atoms with Crippen molar-refractivity contribution in [3.05, 3.63) is 42.5 Å². The van der Waals surface area contributed by atoms with E-state index in [1.165, 1.54) is 43.4 Å². The largest absolute Gasteiger partial charge is 0.391 e. The Labute approximate surface area is 174 Å². The average Bonchev–Trinajstić information content (AvgIpc) is 3.00. The van der Waals surface area contributed by atoms with Gasteiger partial charge in [-0.1, -0.05) is 88.6 Å². The molecule has 0 aromatic heterocycles. The molecule has 2 aliphatic rings. The Morgan fingerprint density at radius 2 is 1.59 bits per heavy atom. The van der Waals surface area contributed by atoms with Gasteiger partial charge in [-0.15, -0.1) is 0 Å². The van der Waals surface area contributed by atoms with E-state index < -0.39 is 18.1 Å². The van der Waals surface area contributed by atoms with Crippen LogP contribution in [0.2, 0.25) is 0 Å². The minimum absolute atomic E-state index is 0.203. The lowest BCUT2D eigenvalue weighted by atomic mass is 9.92. The lowest BCUT2D eigenvalue weighted by Crippen LogP contribution is -2.52. The third-order valence-electron chi connectivity index (χ3n) is 6.03. The number of unbranched alkanes of at least 4 members (excludes halogenated alkanes) is 7. The highest BCUT2D eigenvalue weighted by Gasteiger charge is 2.49. The van der Waals surface area contributed by atoms with Crippen molar-refractivity contribution in [1.29, 1.82) is 0 Å². The quantitative estimate of drug-likeness (QED) is 0.336. The van der Waals surface area contributed by atoms with Gasteiger partial charge in [0.05, 0.1) is 23.8 Å². The van der Waals surface area contributed by atoms with Crippen LogP contribution in [-0.4, -0.2) is 35.1 Å². The van der Waals surface area contributed by atoms with Crippen LogP contribution in [-0.2, 0) is 9.59 Å². The van der Waals surface area contributed by atoms with Crippen molar-refractivity contribution in [2.75, 3.05) is 4.90 Å². The number of anilines is 1. The molecule has 1 aromatic rings. The number of amides is 2. The predicted octanol–water partition coefficient (Wildman–Crippen LogP) is 3.96. The molecule has 2 N–H and O–H groups in total. The molecule has 5 heteroatoms. The number of carbonyl (C=O) groups excluding carboxylic acids is 2. The summed E-state index contributed by atoms with van der Waals surface area (Å²) in [5, 5.41) is 13.8. The van der Waals surface area contributed by atoms with Crippen LogP contribution in [0.3, 0.4) is 0 Å². The molecule has 0 saturated carbocycles. The van der Waals surface area contributed by atoms with E-state index >= 15 is 0 Å². The minimum Gasteiger partial charge on any atom is -0.391 e. The van der Waals surface area contributed by atoms with E-state index in [2.05, 4.69) is 12.2 Å². The second-order valence-electron chi connectivity index (χ2n) is 8.26. The second kappa shape index (κ2) is 10.7. The van der Waals surface area contributed by atoms with Gasteiger partial charge < -0.3 is 5.11 Å². The van der Waals surface area contributed by atoms with Crippen molar-refractivity contribution in [3.63, 3.8) is 0 Å². The first-order valence-electron chi connectivity index (χ1n) is 11.2. The Hall–Kier alpha value is -1.98. The van der Waals surface area contributed by atoms with Gasteiger partial charge in [-0.05, 0) is 18.6 Å². The summed E-state index contributed by atoms with van der Waals surface area (Å²) >= 11 is 0. The molecule has 2 amide bonds. The maximum Gasteiger partial charge on any atom is 0.252 e. The third-order valence-corrected chi connectivity index (χ3v) is 6.03. The number of benzene rings is 1. The topological polar surface area (TPSA) is 69.6 Å². The van der Waals surface area contributed by atoms with Crippen molar-refractivity contribution < 1.29 is 14.7 Å². The number of hydrogen-bond acceptors (Lipinski definition) is 4. The van der Waals surface area contributed by atoms with E-state index in [1.54, 1.807) is 18.2 Å². The zero-order chi connectivity index (χ0) is 20.6. The van der Waals surface area contributed by atoms with Gasteiger partial charge in [-0.2, -0.15) is 0 Å². The van der Waals surface area contributed by atoms with E-state index in [0.29, 0.717) is 12.1 Å². The molecule has 3 rings (SSSR count). The van der Waals surface area contributed by atoms with Crippen molar-refractivity contribution in [2.24, 2.45) is 5.92 Å². The fourth-order valence-corrected chi connectivity index (χ4v) is 4.30. The van der Waals surface area contributed by atoms with Crippen LogP contribution in [0.5, 0.6) is 0 Å². The molecule has 0 bridgehead atoms. The maximum absolute atomic E-state index is 12.9. The van der Waals surface area contributed by atoms with Crippen LogP contribution in [0.4, 0.5) is 5.69 Å². The third kappa shape index (κ3) is 5.34. The van der Waals surface area contributed by atoms with Crippen LogP contribution in [0, 0.1) is 5.92 Å². The van der Waals surface area contributed by atoms with Crippen molar-refractivity contribution in [1.82, 2.24) is 5.32 Å². The van der Waals surface area contributed by atoms with E-state index in [0.717, 1.165) is 12.8 Å². The first kappa shape index (κ1) is 21.7. The molecule has 29 heavy (non-hydrogen) atoms. The van der Waals surface area contributed by atoms with Gasteiger partial charge in [-0.25, -0.2) is 4.90 Å². The summed E-state index contributed by atoms with van der Waals surface area (Å²) in [4.78, 5) is 26.8. The molecular weight excluding hydrogens is 364 g/mol. The first-order valence-corrected chi connectivity index (χ1v) is 11.2. The van der Waals surface area contributed by atoms with E-state index in [4.69, 9.17) is 0 Å².